The zero-order valence-electron chi connectivity index (χ0n) is 16.4. The highest BCUT2D eigenvalue weighted by molar-refractivity contribution is 7.92. The largest absolute Gasteiger partial charge is 0.495 e. The van der Waals surface area contributed by atoms with Gasteiger partial charge in [-0.1, -0.05) is 18.2 Å². The van der Waals surface area contributed by atoms with Crippen molar-refractivity contribution in [1.29, 1.82) is 0 Å². The topological polar surface area (TPSA) is 84.5 Å². The van der Waals surface area contributed by atoms with Gasteiger partial charge in [0, 0.05) is 10.4 Å². The van der Waals surface area contributed by atoms with E-state index in [4.69, 9.17) is 4.74 Å². The number of para-hydroxylation sites is 2. The molecule has 0 spiro atoms. The first-order valence-electron chi connectivity index (χ1n) is 8.89. The second-order valence-electron chi connectivity index (χ2n) is 6.50. The van der Waals surface area contributed by atoms with E-state index in [2.05, 4.69) is 10.0 Å². The predicted molar refractivity (Wildman–Crippen MR) is 115 cm³/mol. The molecule has 0 bridgehead atoms. The number of hydrogen-bond donors (Lipinski definition) is 2. The van der Waals surface area contributed by atoms with Gasteiger partial charge in [0.15, 0.2) is 0 Å². The maximum Gasteiger partial charge on any atom is 0.262 e. The number of sulfonamides is 1. The number of benzene rings is 2. The number of amides is 1. The predicted octanol–water partition coefficient (Wildman–Crippen LogP) is 4.10. The first-order chi connectivity index (χ1) is 13.8. The number of ether oxygens (including phenoxy) is 1. The quantitative estimate of drug-likeness (QED) is 0.591. The molecule has 2 aromatic carbocycles. The second kappa shape index (κ2) is 8.67. The van der Waals surface area contributed by atoms with Crippen molar-refractivity contribution in [2.75, 3.05) is 11.8 Å². The standard InChI is InChI=1S/C21H22N2O4S2/c1-14-10-11-28-19(14)13-22-21(24)16-9-8-15(2)20(12-16)29(25,26)23-17-6-4-5-7-18(17)27-3/h4-12,23H,13H2,1-3H3,(H,22,24). The zero-order chi connectivity index (χ0) is 21.0. The lowest BCUT2D eigenvalue weighted by Crippen LogP contribution is -2.23. The van der Waals surface area contributed by atoms with E-state index in [9.17, 15) is 13.2 Å². The minimum atomic E-state index is -3.91. The van der Waals surface area contributed by atoms with E-state index in [-0.39, 0.29) is 16.4 Å². The third kappa shape index (κ3) is 4.78. The molecule has 0 fully saturated rings. The Labute approximate surface area is 174 Å². The Morgan fingerprint density at radius 3 is 2.52 bits per heavy atom. The van der Waals surface area contributed by atoms with Crippen LogP contribution in [0, 0.1) is 13.8 Å². The third-order valence-corrected chi connectivity index (χ3v) is 7.00. The molecule has 1 amide bonds. The Bertz CT molecular complexity index is 1140. The van der Waals surface area contributed by atoms with Crippen LogP contribution in [0.3, 0.4) is 0 Å². The van der Waals surface area contributed by atoms with Gasteiger partial charge >= 0.3 is 0 Å². The number of methoxy groups -OCH3 is 1. The van der Waals surface area contributed by atoms with Gasteiger partial charge in [0.25, 0.3) is 15.9 Å². The molecule has 152 valence electrons. The van der Waals surface area contributed by atoms with Crippen molar-refractivity contribution < 1.29 is 17.9 Å². The number of carbonyl (C=O) groups excluding carboxylic acids is 1. The van der Waals surface area contributed by atoms with Crippen LogP contribution in [0.15, 0.2) is 58.8 Å². The van der Waals surface area contributed by atoms with Gasteiger partial charge in [-0.25, -0.2) is 8.42 Å². The van der Waals surface area contributed by atoms with Crippen molar-refractivity contribution >= 4 is 33.0 Å². The van der Waals surface area contributed by atoms with E-state index in [0.29, 0.717) is 23.5 Å². The first kappa shape index (κ1) is 20.9. The van der Waals surface area contributed by atoms with Crippen molar-refractivity contribution in [2.45, 2.75) is 25.3 Å². The SMILES string of the molecule is COc1ccccc1NS(=O)(=O)c1cc(C(=O)NCc2sccc2C)ccc1C. The number of hydrogen-bond acceptors (Lipinski definition) is 5. The first-order valence-corrected chi connectivity index (χ1v) is 11.3. The van der Waals surface area contributed by atoms with Crippen LogP contribution in [0.2, 0.25) is 0 Å². The molecule has 1 heterocycles. The van der Waals surface area contributed by atoms with E-state index >= 15 is 0 Å². The fourth-order valence-corrected chi connectivity index (χ4v) is 5.00. The van der Waals surface area contributed by atoms with E-state index in [0.717, 1.165) is 10.4 Å². The minimum Gasteiger partial charge on any atom is -0.495 e. The molecule has 6 nitrogen and oxygen atoms in total. The fourth-order valence-electron chi connectivity index (χ4n) is 2.81. The molecule has 8 heteroatoms. The Balaban J connectivity index is 1.84. The molecule has 0 aliphatic carbocycles. The fraction of sp³-hybridized carbons (Fsp3) is 0.190. The van der Waals surface area contributed by atoms with Crippen LogP contribution in [0.25, 0.3) is 0 Å². The Kier molecular flexibility index (Phi) is 6.24. The van der Waals surface area contributed by atoms with Gasteiger partial charge in [0.2, 0.25) is 0 Å². The molecule has 29 heavy (non-hydrogen) atoms. The average Bonchev–Trinajstić information content (AvgIpc) is 3.11. The van der Waals surface area contributed by atoms with Crippen molar-refractivity contribution in [3.8, 4) is 5.75 Å². The van der Waals surface area contributed by atoms with Gasteiger partial charge in [0.05, 0.1) is 24.2 Å². The van der Waals surface area contributed by atoms with Crippen molar-refractivity contribution in [3.63, 3.8) is 0 Å². The van der Waals surface area contributed by atoms with Gasteiger partial charge in [-0.3, -0.25) is 9.52 Å². The van der Waals surface area contributed by atoms with E-state index in [1.165, 1.54) is 13.2 Å². The summed E-state index contributed by atoms with van der Waals surface area (Å²) in [6.45, 7) is 4.07. The van der Waals surface area contributed by atoms with Crippen LogP contribution < -0.4 is 14.8 Å². The Morgan fingerprint density at radius 2 is 1.83 bits per heavy atom. The molecule has 0 saturated carbocycles. The summed E-state index contributed by atoms with van der Waals surface area (Å²) in [5, 5.41) is 4.81. The molecule has 0 atom stereocenters. The summed E-state index contributed by atoms with van der Waals surface area (Å²) in [6, 6.07) is 13.4. The number of rotatable bonds is 7. The van der Waals surface area contributed by atoms with Gasteiger partial charge in [-0.15, -0.1) is 11.3 Å². The lowest BCUT2D eigenvalue weighted by Gasteiger charge is -2.14. The molecule has 0 radical (unpaired) electrons. The number of anilines is 1. The molecule has 2 N–H and O–H groups in total. The van der Waals surface area contributed by atoms with Crippen LogP contribution in [0.1, 0.15) is 26.4 Å². The molecular formula is C21H22N2O4S2. The summed E-state index contributed by atoms with van der Waals surface area (Å²) in [5.41, 5.74) is 2.27. The molecule has 0 aliphatic heterocycles. The van der Waals surface area contributed by atoms with Crippen LogP contribution >= 0.6 is 11.3 Å². The molecule has 0 aliphatic rings. The van der Waals surface area contributed by atoms with Crippen LogP contribution in [-0.4, -0.2) is 21.4 Å². The van der Waals surface area contributed by atoms with Crippen molar-refractivity contribution in [1.82, 2.24) is 5.32 Å². The van der Waals surface area contributed by atoms with Gasteiger partial charge < -0.3 is 10.1 Å². The Morgan fingerprint density at radius 1 is 1.07 bits per heavy atom. The van der Waals surface area contributed by atoms with Gasteiger partial charge in [-0.05, 0) is 60.7 Å². The minimum absolute atomic E-state index is 0.0448. The highest BCUT2D eigenvalue weighted by Gasteiger charge is 2.21. The van der Waals surface area contributed by atoms with Gasteiger partial charge in [0.1, 0.15) is 5.75 Å². The van der Waals surface area contributed by atoms with E-state index in [1.54, 1.807) is 54.7 Å². The van der Waals surface area contributed by atoms with Crippen molar-refractivity contribution in [3.05, 3.63) is 75.5 Å². The third-order valence-electron chi connectivity index (χ3n) is 4.47. The summed E-state index contributed by atoms with van der Waals surface area (Å²) < 4.78 is 33.7. The monoisotopic (exact) mass is 430 g/mol. The summed E-state index contributed by atoms with van der Waals surface area (Å²) in [5.74, 6) is 0.0838. The molecule has 3 rings (SSSR count). The van der Waals surface area contributed by atoms with Crippen molar-refractivity contribution in [2.24, 2.45) is 0 Å². The second-order valence-corrected chi connectivity index (χ2v) is 9.15. The number of nitrogens with one attached hydrogen (secondary N) is 2. The summed E-state index contributed by atoms with van der Waals surface area (Å²) in [7, 11) is -2.43. The molecular weight excluding hydrogens is 408 g/mol. The molecule has 0 unspecified atom stereocenters. The highest BCUT2D eigenvalue weighted by Crippen LogP contribution is 2.27. The number of thiophene rings is 1. The summed E-state index contributed by atoms with van der Waals surface area (Å²) in [6.07, 6.45) is 0. The average molecular weight is 431 g/mol. The molecule has 1 aromatic heterocycles. The summed E-state index contributed by atoms with van der Waals surface area (Å²) in [4.78, 5) is 13.7. The van der Waals surface area contributed by atoms with E-state index in [1.807, 2.05) is 18.4 Å². The lowest BCUT2D eigenvalue weighted by molar-refractivity contribution is 0.0951. The van der Waals surface area contributed by atoms with Crippen LogP contribution in [0.4, 0.5) is 5.69 Å². The smallest absolute Gasteiger partial charge is 0.262 e. The zero-order valence-corrected chi connectivity index (χ0v) is 18.0. The van der Waals surface area contributed by atoms with Crippen LogP contribution in [0.5, 0.6) is 5.75 Å². The summed E-state index contributed by atoms with van der Waals surface area (Å²) >= 11 is 1.57. The van der Waals surface area contributed by atoms with Gasteiger partial charge in [-0.2, -0.15) is 0 Å². The Hall–Kier alpha value is -2.84. The molecule has 0 saturated heterocycles. The molecule has 3 aromatic rings. The maximum atomic E-state index is 13.0. The highest BCUT2D eigenvalue weighted by atomic mass is 32.2. The maximum absolute atomic E-state index is 13.0. The normalized spacial score (nSPS) is 11.1. The number of carbonyl (C=O) groups is 1. The lowest BCUT2D eigenvalue weighted by atomic mass is 10.1. The van der Waals surface area contributed by atoms with E-state index < -0.39 is 10.0 Å². The van der Waals surface area contributed by atoms with Crippen LogP contribution in [-0.2, 0) is 16.6 Å². The number of aryl methyl sites for hydroxylation is 2.